The zero-order valence-electron chi connectivity index (χ0n) is 13.8. The Morgan fingerprint density at radius 3 is 2.38 bits per heavy atom. The summed E-state index contributed by atoms with van der Waals surface area (Å²) in [7, 11) is -4.06. The minimum Gasteiger partial charge on any atom is -0.396 e. The Kier molecular flexibility index (Phi) is 6.34. The fraction of sp³-hybridized carbons (Fsp3) is 0.250. The number of aliphatic hydroxyl groups excluding tert-OH is 1. The van der Waals surface area contributed by atoms with Gasteiger partial charge in [-0.1, -0.05) is 35.0 Å². The summed E-state index contributed by atoms with van der Waals surface area (Å²) in [5.74, 6) is -0.256. The Balaban J connectivity index is 2.47. The average Bonchev–Trinajstić information content (AvgIpc) is 2.59. The molecule has 0 amide bonds. The molecule has 0 saturated carbocycles. The standard InChI is InChI=1S/C16H18BrN3O5S/c1-10(9-21)16(11-2-4-12(17)5-3-11)19-14-7-6-13(26(18,24)25)8-15(14)20(22)23/h2-8,10,16,19,21H,9H2,1H3,(H2,18,24,25)/t10-,16-/m0/s1. The van der Waals surface area contributed by atoms with E-state index in [4.69, 9.17) is 5.14 Å². The monoisotopic (exact) mass is 443 g/mol. The number of nitro groups is 1. The molecule has 0 aliphatic heterocycles. The molecule has 10 heteroatoms. The highest BCUT2D eigenvalue weighted by molar-refractivity contribution is 9.10. The van der Waals surface area contributed by atoms with Crippen LogP contribution in [0, 0.1) is 16.0 Å². The highest BCUT2D eigenvalue weighted by atomic mass is 79.9. The summed E-state index contributed by atoms with van der Waals surface area (Å²) < 4.78 is 23.8. The predicted molar refractivity (Wildman–Crippen MR) is 101 cm³/mol. The second kappa shape index (κ2) is 8.12. The van der Waals surface area contributed by atoms with Crippen LogP contribution in [-0.2, 0) is 10.0 Å². The van der Waals surface area contributed by atoms with Gasteiger partial charge in [-0.15, -0.1) is 0 Å². The van der Waals surface area contributed by atoms with E-state index in [9.17, 15) is 23.6 Å². The zero-order valence-corrected chi connectivity index (χ0v) is 16.2. The number of sulfonamides is 1. The molecule has 0 aliphatic rings. The molecular formula is C16H18BrN3O5S. The lowest BCUT2D eigenvalue weighted by Gasteiger charge is -2.25. The number of primary sulfonamides is 1. The topological polar surface area (TPSA) is 136 Å². The summed E-state index contributed by atoms with van der Waals surface area (Å²) in [5.41, 5.74) is 0.541. The maximum Gasteiger partial charge on any atom is 0.293 e. The van der Waals surface area contributed by atoms with Crippen LogP contribution in [0.15, 0.2) is 51.8 Å². The van der Waals surface area contributed by atoms with Crippen molar-refractivity contribution in [3.63, 3.8) is 0 Å². The highest BCUT2D eigenvalue weighted by Crippen LogP contribution is 2.33. The van der Waals surface area contributed by atoms with Gasteiger partial charge in [0, 0.05) is 23.1 Å². The summed E-state index contributed by atoms with van der Waals surface area (Å²) in [4.78, 5) is 10.4. The van der Waals surface area contributed by atoms with Crippen molar-refractivity contribution in [1.29, 1.82) is 0 Å². The molecule has 0 aliphatic carbocycles. The van der Waals surface area contributed by atoms with E-state index in [1.165, 1.54) is 12.1 Å². The molecule has 140 valence electrons. The Morgan fingerprint density at radius 1 is 1.27 bits per heavy atom. The second-order valence-corrected chi connectivity index (χ2v) is 8.29. The molecule has 2 aromatic carbocycles. The molecule has 0 saturated heterocycles. The number of halogens is 1. The molecule has 0 aromatic heterocycles. The molecule has 4 N–H and O–H groups in total. The van der Waals surface area contributed by atoms with E-state index in [1.54, 1.807) is 6.92 Å². The third-order valence-electron chi connectivity index (χ3n) is 3.89. The fourth-order valence-corrected chi connectivity index (χ4v) is 3.26. The molecular weight excluding hydrogens is 426 g/mol. The number of hydrogen-bond acceptors (Lipinski definition) is 6. The van der Waals surface area contributed by atoms with Gasteiger partial charge < -0.3 is 10.4 Å². The summed E-state index contributed by atoms with van der Waals surface area (Å²) in [6.07, 6.45) is 0. The van der Waals surface area contributed by atoms with E-state index in [2.05, 4.69) is 21.2 Å². The summed E-state index contributed by atoms with van der Waals surface area (Å²) in [6, 6.07) is 10.3. The number of rotatable bonds is 7. The number of benzene rings is 2. The summed E-state index contributed by atoms with van der Waals surface area (Å²) in [5, 5.41) is 29.0. The SMILES string of the molecule is C[C@@H](CO)[C@H](Nc1ccc(S(N)(=O)=O)cc1[N+](=O)[O-])c1ccc(Br)cc1. The quantitative estimate of drug-likeness (QED) is 0.444. The van der Waals surface area contributed by atoms with Gasteiger partial charge in [-0.05, 0) is 29.8 Å². The molecule has 2 atom stereocenters. The molecule has 0 radical (unpaired) electrons. The van der Waals surface area contributed by atoms with Crippen LogP contribution in [0.2, 0.25) is 0 Å². The van der Waals surface area contributed by atoms with Crippen molar-refractivity contribution >= 4 is 37.3 Å². The Hall–Kier alpha value is -2.01. The van der Waals surface area contributed by atoms with Crippen molar-refractivity contribution in [3.05, 3.63) is 62.6 Å². The van der Waals surface area contributed by atoms with E-state index < -0.39 is 26.7 Å². The largest absolute Gasteiger partial charge is 0.396 e. The first kappa shape index (κ1) is 20.3. The van der Waals surface area contributed by atoms with Gasteiger partial charge in [-0.3, -0.25) is 10.1 Å². The van der Waals surface area contributed by atoms with Gasteiger partial charge in [-0.25, -0.2) is 13.6 Å². The van der Waals surface area contributed by atoms with Crippen molar-refractivity contribution in [2.24, 2.45) is 11.1 Å². The lowest BCUT2D eigenvalue weighted by Crippen LogP contribution is -2.22. The normalized spacial score (nSPS) is 13.8. The molecule has 0 unspecified atom stereocenters. The third kappa shape index (κ3) is 4.79. The lowest BCUT2D eigenvalue weighted by atomic mass is 9.94. The van der Waals surface area contributed by atoms with Gasteiger partial charge in [-0.2, -0.15) is 0 Å². The first-order chi connectivity index (χ1) is 12.1. The van der Waals surface area contributed by atoms with Gasteiger partial charge in [0.2, 0.25) is 10.0 Å². The third-order valence-corrected chi connectivity index (χ3v) is 5.33. The van der Waals surface area contributed by atoms with Gasteiger partial charge >= 0.3 is 0 Å². The Bertz CT molecular complexity index is 903. The molecule has 2 rings (SSSR count). The van der Waals surface area contributed by atoms with Crippen LogP contribution in [0.25, 0.3) is 0 Å². The smallest absolute Gasteiger partial charge is 0.293 e. The number of nitrogens with one attached hydrogen (secondary N) is 1. The molecule has 8 nitrogen and oxygen atoms in total. The average molecular weight is 444 g/mol. The van der Waals surface area contributed by atoms with Crippen LogP contribution in [0.1, 0.15) is 18.5 Å². The van der Waals surface area contributed by atoms with E-state index in [0.717, 1.165) is 16.1 Å². The second-order valence-electron chi connectivity index (χ2n) is 5.81. The molecule has 0 fully saturated rings. The number of hydrogen-bond donors (Lipinski definition) is 3. The van der Waals surface area contributed by atoms with Crippen molar-refractivity contribution in [3.8, 4) is 0 Å². The first-order valence-corrected chi connectivity index (χ1v) is 9.91. The van der Waals surface area contributed by atoms with Crippen LogP contribution < -0.4 is 10.5 Å². The van der Waals surface area contributed by atoms with Gasteiger partial charge in [0.05, 0.1) is 15.9 Å². The van der Waals surface area contributed by atoms with Crippen LogP contribution >= 0.6 is 15.9 Å². The van der Waals surface area contributed by atoms with Crippen molar-refractivity contribution in [2.75, 3.05) is 11.9 Å². The Labute approximate surface area is 159 Å². The van der Waals surface area contributed by atoms with Gasteiger partial charge in [0.15, 0.2) is 0 Å². The minimum absolute atomic E-state index is 0.135. The first-order valence-electron chi connectivity index (χ1n) is 7.57. The molecule has 0 heterocycles. The number of nitrogens with two attached hydrogens (primary N) is 1. The minimum atomic E-state index is -4.06. The Morgan fingerprint density at radius 2 is 1.88 bits per heavy atom. The van der Waals surface area contributed by atoms with Crippen LogP contribution in [0.5, 0.6) is 0 Å². The van der Waals surface area contributed by atoms with Crippen molar-refractivity contribution in [2.45, 2.75) is 17.9 Å². The lowest BCUT2D eigenvalue weighted by molar-refractivity contribution is -0.384. The fourth-order valence-electron chi connectivity index (χ4n) is 2.46. The van der Waals surface area contributed by atoms with E-state index >= 15 is 0 Å². The number of aliphatic hydroxyl groups is 1. The van der Waals surface area contributed by atoms with Crippen molar-refractivity contribution < 1.29 is 18.4 Å². The number of nitro benzene ring substituents is 1. The molecule has 2 aromatic rings. The van der Waals surface area contributed by atoms with Crippen molar-refractivity contribution in [1.82, 2.24) is 0 Å². The number of anilines is 1. The molecule has 0 spiro atoms. The van der Waals surface area contributed by atoms with Gasteiger partial charge in [0.1, 0.15) is 5.69 Å². The zero-order chi connectivity index (χ0) is 19.5. The van der Waals surface area contributed by atoms with Gasteiger partial charge in [0.25, 0.3) is 5.69 Å². The summed E-state index contributed by atoms with van der Waals surface area (Å²) >= 11 is 3.34. The van der Waals surface area contributed by atoms with Crippen LogP contribution in [-0.4, -0.2) is 25.1 Å². The highest BCUT2D eigenvalue weighted by Gasteiger charge is 2.24. The number of nitrogens with zero attached hydrogens (tertiary/aromatic N) is 1. The van der Waals surface area contributed by atoms with E-state index in [-0.39, 0.29) is 23.1 Å². The van der Waals surface area contributed by atoms with E-state index in [1.807, 2.05) is 24.3 Å². The molecule has 0 bridgehead atoms. The molecule has 26 heavy (non-hydrogen) atoms. The van der Waals surface area contributed by atoms with E-state index in [0.29, 0.717) is 0 Å². The maximum atomic E-state index is 11.4. The van der Waals surface area contributed by atoms with Crippen LogP contribution in [0.3, 0.4) is 0 Å². The predicted octanol–water partition coefficient (Wildman–Crippen LogP) is 2.79. The summed E-state index contributed by atoms with van der Waals surface area (Å²) in [6.45, 7) is 1.65. The maximum absolute atomic E-state index is 11.4. The van der Waals surface area contributed by atoms with Crippen LogP contribution in [0.4, 0.5) is 11.4 Å².